The number of aryl methyl sites for hydroxylation is 1. The van der Waals surface area contributed by atoms with Crippen molar-refractivity contribution < 1.29 is 14.3 Å². The lowest BCUT2D eigenvalue weighted by atomic mass is 10.0. The van der Waals surface area contributed by atoms with Gasteiger partial charge >= 0.3 is 6.09 Å². The van der Waals surface area contributed by atoms with E-state index < -0.39 is 0 Å². The van der Waals surface area contributed by atoms with Crippen molar-refractivity contribution in [3.8, 4) is 11.4 Å². The monoisotopic (exact) mass is 454 g/mol. The standard InChI is InChI=1S/C24H27ClN4O3/c1-2-32-24(31)29-14-12-28(13-15-29)22(30)8-5-6-18-19-16-17(25)9-10-20(19)27-23(18)21-7-3-4-11-26-21/h3-4,7,9-11,16,27H,2,5-6,8,12-15H2,1H3. The third-order valence-electron chi connectivity index (χ3n) is 5.77. The van der Waals surface area contributed by atoms with Gasteiger partial charge in [-0.25, -0.2) is 4.79 Å². The largest absolute Gasteiger partial charge is 0.450 e. The Morgan fingerprint density at radius 3 is 2.62 bits per heavy atom. The number of hydrogen-bond acceptors (Lipinski definition) is 4. The molecule has 7 nitrogen and oxygen atoms in total. The van der Waals surface area contributed by atoms with Gasteiger partial charge in [-0.1, -0.05) is 17.7 Å². The number of aromatic nitrogens is 2. The number of hydrogen-bond donors (Lipinski definition) is 1. The summed E-state index contributed by atoms with van der Waals surface area (Å²) in [6.07, 6.45) is 3.38. The van der Waals surface area contributed by atoms with Crippen molar-refractivity contribution in [1.29, 1.82) is 0 Å². The lowest BCUT2D eigenvalue weighted by Gasteiger charge is -2.34. The number of amides is 2. The van der Waals surface area contributed by atoms with Crippen molar-refractivity contribution in [2.45, 2.75) is 26.2 Å². The van der Waals surface area contributed by atoms with Crippen molar-refractivity contribution in [1.82, 2.24) is 19.8 Å². The Balaban J connectivity index is 1.41. The fourth-order valence-electron chi connectivity index (χ4n) is 4.14. The zero-order chi connectivity index (χ0) is 22.5. The molecular formula is C24H27ClN4O3. The summed E-state index contributed by atoms with van der Waals surface area (Å²) in [5.41, 5.74) is 3.97. The molecule has 0 radical (unpaired) electrons. The Kier molecular flexibility index (Phi) is 6.95. The van der Waals surface area contributed by atoms with E-state index in [1.54, 1.807) is 18.0 Å². The SMILES string of the molecule is CCOC(=O)N1CCN(C(=O)CCCc2c(-c3ccccn3)[nH]c3ccc(Cl)cc23)CC1. The highest BCUT2D eigenvalue weighted by molar-refractivity contribution is 6.31. The van der Waals surface area contributed by atoms with Crippen molar-refractivity contribution in [2.24, 2.45) is 0 Å². The second-order valence-electron chi connectivity index (χ2n) is 7.80. The minimum absolute atomic E-state index is 0.116. The summed E-state index contributed by atoms with van der Waals surface area (Å²) in [7, 11) is 0. The molecule has 0 unspecified atom stereocenters. The highest BCUT2D eigenvalue weighted by Gasteiger charge is 2.24. The first-order valence-electron chi connectivity index (χ1n) is 11.0. The number of halogens is 1. The molecule has 1 aromatic carbocycles. The Morgan fingerprint density at radius 2 is 1.91 bits per heavy atom. The molecule has 1 N–H and O–H groups in total. The summed E-state index contributed by atoms with van der Waals surface area (Å²) in [6, 6.07) is 11.6. The van der Waals surface area contributed by atoms with Crippen LogP contribution in [0.3, 0.4) is 0 Å². The lowest BCUT2D eigenvalue weighted by molar-refractivity contribution is -0.132. The van der Waals surface area contributed by atoms with Gasteiger partial charge in [0, 0.05) is 54.7 Å². The number of H-pyrrole nitrogens is 1. The molecule has 3 heterocycles. The number of piperazine rings is 1. The molecule has 8 heteroatoms. The number of fused-ring (bicyclic) bond motifs is 1. The molecule has 0 spiro atoms. The average molecular weight is 455 g/mol. The molecule has 3 aromatic rings. The van der Waals surface area contributed by atoms with E-state index in [9.17, 15) is 9.59 Å². The number of aromatic amines is 1. The van der Waals surface area contributed by atoms with Gasteiger partial charge in [-0.3, -0.25) is 9.78 Å². The lowest BCUT2D eigenvalue weighted by Crippen LogP contribution is -2.50. The molecule has 168 valence electrons. The van der Waals surface area contributed by atoms with Crippen molar-refractivity contribution in [3.05, 3.63) is 53.2 Å². The van der Waals surface area contributed by atoms with Crippen LogP contribution in [0.15, 0.2) is 42.6 Å². The van der Waals surface area contributed by atoms with Crippen LogP contribution in [0.5, 0.6) is 0 Å². The van der Waals surface area contributed by atoms with Gasteiger partial charge in [-0.15, -0.1) is 0 Å². The van der Waals surface area contributed by atoms with Crippen LogP contribution in [0.4, 0.5) is 4.79 Å². The first kappa shape index (κ1) is 22.1. The van der Waals surface area contributed by atoms with Gasteiger partial charge in [-0.2, -0.15) is 0 Å². The van der Waals surface area contributed by atoms with Crippen LogP contribution >= 0.6 is 11.6 Å². The van der Waals surface area contributed by atoms with E-state index in [-0.39, 0.29) is 12.0 Å². The summed E-state index contributed by atoms with van der Waals surface area (Å²) < 4.78 is 5.04. The van der Waals surface area contributed by atoms with E-state index in [0.29, 0.717) is 44.2 Å². The highest BCUT2D eigenvalue weighted by Crippen LogP contribution is 2.32. The number of rotatable bonds is 6. The molecule has 2 amide bonds. The topological polar surface area (TPSA) is 78.5 Å². The highest BCUT2D eigenvalue weighted by atomic mass is 35.5. The number of carbonyl (C=O) groups is 2. The summed E-state index contributed by atoms with van der Waals surface area (Å²) >= 11 is 6.26. The van der Waals surface area contributed by atoms with Gasteiger partial charge in [0.1, 0.15) is 0 Å². The molecule has 1 fully saturated rings. The molecule has 0 bridgehead atoms. The van der Waals surface area contributed by atoms with E-state index in [1.165, 1.54) is 0 Å². The zero-order valence-corrected chi connectivity index (χ0v) is 18.9. The second-order valence-corrected chi connectivity index (χ2v) is 8.24. The Hall–Kier alpha value is -3.06. The fraction of sp³-hybridized carbons (Fsp3) is 0.375. The molecule has 0 atom stereocenters. The number of ether oxygens (including phenoxy) is 1. The molecule has 1 aliphatic heterocycles. The molecule has 1 saturated heterocycles. The van der Waals surface area contributed by atoms with Crippen LogP contribution in [0.1, 0.15) is 25.3 Å². The van der Waals surface area contributed by atoms with E-state index in [4.69, 9.17) is 16.3 Å². The minimum Gasteiger partial charge on any atom is -0.450 e. The summed E-state index contributed by atoms with van der Waals surface area (Å²) in [5, 5.41) is 1.74. The predicted molar refractivity (Wildman–Crippen MR) is 125 cm³/mol. The average Bonchev–Trinajstić information content (AvgIpc) is 3.17. The van der Waals surface area contributed by atoms with Crippen LogP contribution in [0.2, 0.25) is 5.02 Å². The van der Waals surface area contributed by atoms with E-state index >= 15 is 0 Å². The number of nitrogens with zero attached hydrogens (tertiary/aromatic N) is 3. The van der Waals surface area contributed by atoms with Gasteiger partial charge in [0.2, 0.25) is 5.91 Å². The van der Waals surface area contributed by atoms with Crippen LogP contribution in [0, 0.1) is 0 Å². The minimum atomic E-state index is -0.306. The van der Waals surface area contributed by atoms with E-state index in [0.717, 1.165) is 40.7 Å². The van der Waals surface area contributed by atoms with E-state index in [2.05, 4.69) is 9.97 Å². The number of carbonyl (C=O) groups excluding carboxylic acids is 2. The van der Waals surface area contributed by atoms with Gasteiger partial charge < -0.3 is 19.5 Å². The maximum Gasteiger partial charge on any atom is 0.409 e. The summed E-state index contributed by atoms with van der Waals surface area (Å²) in [5.74, 6) is 0.116. The third-order valence-corrected chi connectivity index (χ3v) is 6.00. The van der Waals surface area contributed by atoms with Crippen LogP contribution in [-0.2, 0) is 16.0 Å². The fourth-order valence-corrected chi connectivity index (χ4v) is 4.31. The molecular weight excluding hydrogens is 428 g/mol. The third kappa shape index (κ3) is 4.88. The van der Waals surface area contributed by atoms with Crippen LogP contribution < -0.4 is 0 Å². The van der Waals surface area contributed by atoms with Crippen molar-refractivity contribution in [3.63, 3.8) is 0 Å². The Bertz CT molecular complexity index is 1090. The Morgan fingerprint density at radius 1 is 1.12 bits per heavy atom. The Labute approximate surface area is 192 Å². The number of benzene rings is 1. The molecule has 0 aliphatic carbocycles. The van der Waals surface area contributed by atoms with Crippen LogP contribution in [-0.4, -0.2) is 64.6 Å². The number of pyridine rings is 1. The van der Waals surface area contributed by atoms with Crippen molar-refractivity contribution in [2.75, 3.05) is 32.8 Å². The van der Waals surface area contributed by atoms with Gasteiger partial charge in [0.25, 0.3) is 0 Å². The maximum absolute atomic E-state index is 12.8. The van der Waals surface area contributed by atoms with Gasteiger partial charge in [-0.05, 0) is 55.7 Å². The van der Waals surface area contributed by atoms with Gasteiger partial charge in [0.05, 0.1) is 18.0 Å². The predicted octanol–water partition coefficient (Wildman–Crippen LogP) is 4.51. The molecule has 2 aromatic heterocycles. The molecule has 32 heavy (non-hydrogen) atoms. The normalized spacial score (nSPS) is 14.1. The maximum atomic E-state index is 12.8. The quantitative estimate of drug-likeness (QED) is 0.594. The molecule has 0 saturated carbocycles. The molecule has 1 aliphatic rings. The first-order valence-corrected chi connectivity index (χ1v) is 11.4. The zero-order valence-electron chi connectivity index (χ0n) is 18.1. The van der Waals surface area contributed by atoms with Gasteiger partial charge in [0.15, 0.2) is 0 Å². The smallest absolute Gasteiger partial charge is 0.409 e. The number of nitrogens with one attached hydrogen (secondary N) is 1. The summed E-state index contributed by atoms with van der Waals surface area (Å²) in [4.78, 5) is 36.0. The summed E-state index contributed by atoms with van der Waals surface area (Å²) in [6.45, 7) is 4.25. The van der Waals surface area contributed by atoms with Crippen LogP contribution in [0.25, 0.3) is 22.3 Å². The van der Waals surface area contributed by atoms with E-state index in [1.807, 2.05) is 41.3 Å². The first-order chi connectivity index (χ1) is 15.6. The second kappa shape index (κ2) is 10.0. The van der Waals surface area contributed by atoms with Crippen molar-refractivity contribution >= 4 is 34.5 Å². The molecule has 4 rings (SSSR count).